The third kappa shape index (κ3) is 4.13. The molecule has 0 radical (unpaired) electrons. The zero-order chi connectivity index (χ0) is 16.3. The maximum Gasteiger partial charge on any atom is 0.240 e. The van der Waals surface area contributed by atoms with Gasteiger partial charge in [0, 0.05) is 12.6 Å². The fraction of sp³-hybridized carbons (Fsp3) is 0.600. The molecule has 0 bridgehead atoms. The molecule has 5 nitrogen and oxygen atoms in total. The standard InChI is InChI=1S/C15H22ClNO4S/c1-10(2)15-8-11(6-7-21-15)17-22(18,19)12-4-5-14(20-3)13(16)9-12/h4-5,9-11,15,17H,6-8H2,1-3H3. The van der Waals surface area contributed by atoms with Crippen LogP contribution in [0.25, 0.3) is 0 Å². The summed E-state index contributed by atoms with van der Waals surface area (Å²) in [5.41, 5.74) is 0. The van der Waals surface area contributed by atoms with E-state index in [0.717, 1.165) is 0 Å². The number of halogens is 1. The molecule has 7 heteroatoms. The molecule has 124 valence electrons. The molecule has 1 aliphatic rings. The van der Waals surface area contributed by atoms with Crippen molar-refractivity contribution in [3.63, 3.8) is 0 Å². The molecule has 22 heavy (non-hydrogen) atoms. The molecule has 1 aliphatic heterocycles. The van der Waals surface area contributed by atoms with E-state index in [4.69, 9.17) is 21.1 Å². The highest BCUT2D eigenvalue weighted by Crippen LogP contribution is 2.28. The molecule has 0 spiro atoms. The Labute approximate surface area is 137 Å². The van der Waals surface area contributed by atoms with Crippen molar-refractivity contribution < 1.29 is 17.9 Å². The second kappa shape index (κ2) is 7.17. The Morgan fingerprint density at radius 3 is 2.73 bits per heavy atom. The molecule has 0 aliphatic carbocycles. The Balaban J connectivity index is 2.12. The third-order valence-electron chi connectivity index (χ3n) is 3.81. The van der Waals surface area contributed by atoms with Crippen LogP contribution in [-0.4, -0.2) is 34.3 Å². The van der Waals surface area contributed by atoms with Crippen molar-refractivity contribution in [3.05, 3.63) is 23.2 Å². The predicted molar refractivity (Wildman–Crippen MR) is 85.9 cm³/mol. The largest absolute Gasteiger partial charge is 0.495 e. The van der Waals surface area contributed by atoms with Gasteiger partial charge in [-0.25, -0.2) is 13.1 Å². The van der Waals surface area contributed by atoms with Gasteiger partial charge in [-0.2, -0.15) is 0 Å². The molecule has 1 heterocycles. The summed E-state index contributed by atoms with van der Waals surface area (Å²) in [7, 11) is -2.11. The van der Waals surface area contributed by atoms with Gasteiger partial charge in [-0.15, -0.1) is 0 Å². The van der Waals surface area contributed by atoms with E-state index < -0.39 is 10.0 Å². The van der Waals surface area contributed by atoms with Gasteiger partial charge < -0.3 is 9.47 Å². The molecule has 1 saturated heterocycles. The van der Waals surface area contributed by atoms with Gasteiger partial charge in [-0.1, -0.05) is 25.4 Å². The topological polar surface area (TPSA) is 64.6 Å². The number of nitrogens with one attached hydrogen (secondary N) is 1. The lowest BCUT2D eigenvalue weighted by Crippen LogP contribution is -2.43. The lowest BCUT2D eigenvalue weighted by Gasteiger charge is -2.32. The van der Waals surface area contributed by atoms with E-state index in [9.17, 15) is 8.42 Å². The van der Waals surface area contributed by atoms with Gasteiger partial charge in [0.1, 0.15) is 5.75 Å². The smallest absolute Gasteiger partial charge is 0.240 e. The first-order valence-electron chi connectivity index (χ1n) is 7.31. The quantitative estimate of drug-likeness (QED) is 0.889. The van der Waals surface area contributed by atoms with Gasteiger partial charge in [-0.3, -0.25) is 0 Å². The summed E-state index contributed by atoms with van der Waals surface area (Å²) in [4.78, 5) is 0.144. The van der Waals surface area contributed by atoms with Crippen LogP contribution in [-0.2, 0) is 14.8 Å². The number of rotatable bonds is 5. The first kappa shape index (κ1) is 17.5. The van der Waals surface area contributed by atoms with Crippen molar-refractivity contribution in [2.45, 2.75) is 43.7 Å². The third-order valence-corrected chi connectivity index (χ3v) is 5.63. The molecule has 1 aromatic rings. The Morgan fingerprint density at radius 2 is 2.14 bits per heavy atom. The van der Waals surface area contributed by atoms with Crippen LogP contribution >= 0.6 is 11.6 Å². The Morgan fingerprint density at radius 1 is 1.41 bits per heavy atom. The van der Waals surface area contributed by atoms with Crippen molar-refractivity contribution in [1.29, 1.82) is 0 Å². The lowest BCUT2D eigenvalue weighted by molar-refractivity contribution is -0.0211. The van der Waals surface area contributed by atoms with Gasteiger partial charge >= 0.3 is 0 Å². The summed E-state index contributed by atoms with van der Waals surface area (Å²) in [5, 5.41) is 0.275. The summed E-state index contributed by atoms with van der Waals surface area (Å²) in [6.45, 7) is 4.72. The Hall–Kier alpha value is -0.820. The molecule has 2 rings (SSSR count). The van der Waals surface area contributed by atoms with Gasteiger partial charge in [0.05, 0.1) is 23.1 Å². The maximum atomic E-state index is 12.5. The fourth-order valence-corrected chi connectivity index (χ4v) is 4.13. The van der Waals surface area contributed by atoms with Crippen LogP contribution < -0.4 is 9.46 Å². The highest BCUT2D eigenvalue weighted by Gasteiger charge is 2.28. The summed E-state index contributed by atoms with van der Waals surface area (Å²) >= 11 is 6.01. The van der Waals surface area contributed by atoms with Crippen molar-refractivity contribution in [2.75, 3.05) is 13.7 Å². The van der Waals surface area contributed by atoms with Crippen LogP contribution in [0.2, 0.25) is 5.02 Å². The molecule has 0 amide bonds. The number of hydrogen-bond donors (Lipinski definition) is 1. The highest BCUT2D eigenvalue weighted by molar-refractivity contribution is 7.89. The molecule has 1 aromatic carbocycles. The van der Waals surface area contributed by atoms with Crippen molar-refractivity contribution >= 4 is 21.6 Å². The lowest BCUT2D eigenvalue weighted by atomic mass is 9.96. The van der Waals surface area contributed by atoms with Crippen LogP contribution in [0.4, 0.5) is 0 Å². The normalized spacial score (nSPS) is 22.8. The van der Waals surface area contributed by atoms with E-state index in [1.165, 1.54) is 19.2 Å². The van der Waals surface area contributed by atoms with Crippen LogP contribution in [0, 0.1) is 5.92 Å². The highest BCUT2D eigenvalue weighted by atomic mass is 35.5. The van der Waals surface area contributed by atoms with Crippen LogP contribution in [0.5, 0.6) is 5.75 Å². The number of benzene rings is 1. The Kier molecular flexibility index (Phi) is 5.71. The van der Waals surface area contributed by atoms with Gasteiger partial charge in [0.25, 0.3) is 0 Å². The Bertz CT molecular complexity index is 618. The molecule has 1 N–H and O–H groups in total. The zero-order valence-corrected chi connectivity index (χ0v) is 14.6. The summed E-state index contributed by atoms with van der Waals surface area (Å²) < 4.78 is 38.4. The monoisotopic (exact) mass is 347 g/mol. The molecule has 2 atom stereocenters. The first-order valence-corrected chi connectivity index (χ1v) is 9.17. The van der Waals surface area contributed by atoms with Gasteiger partial charge in [0.15, 0.2) is 0 Å². The number of methoxy groups -OCH3 is 1. The van der Waals surface area contributed by atoms with Crippen LogP contribution in [0.15, 0.2) is 23.1 Å². The molecular weight excluding hydrogens is 326 g/mol. The minimum atomic E-state index is -3.60. The molecule has 1 fully saturated rings. The fourth-order valence-electron chi connectivity index (χ4n) is 2.50. The average Bonchev–Trinajstić information content (AvgIpc) is 2.47. The summed E-state index contributed by atoms with van der Waals surface area (Å²) in [5.74, 6) is 0.814. The number of sulfonamides is 1. The zero-order valence-electron chi connectivity index (χ0n) is 13.0. The molecular formula is C15H22ClNO4S. The van der Waals surface area contributed by atoms with E-state index in [0.29, 0.717) is 31.1 Å². The molecule has 0 aromatic heterocycles. The first-order chi connectivity index (χ1) is 10.3. The second-order valence-corrected chi connectivity index (χ2v) is 7.91. The minimum absolute atomic E-state index is 0.0842. The van der Waals surface area contributed by atoms with E-state index in [-0.39, 0.29) is 22.1 Å². The molecule has 2 unspecified atom stereocenters. The summed E-state index contributed by atoms with van der Waals surface area (Å²) in [6.07, 6.45) is 1.44. The van der Waals surface area contributed by atoms with Crippen molar-refractivity contribution in [2.24, 2.45) is 5.92 Å². The van der Waals surface area contributed by atoms with E-state index in [1.54, 1.807) is 6.07 Å². The number of ether oxygens (including phenoxy) is 2. The molecule has 0 saturated carbocycles. The second-order valence-electron chi connectivity index (χ2n) is 5.79. The summed E-state index contributed by atoms with van der Waals surface area (Å²) in [6, 6.07) is 4.33. The van der Waals surface area contributed by atoms with Crippen molar-refractivity contribution in [3.8, 4) is 5.75 Å². The van der Waals surface area contributed by atoms with Gasteiger partial charge in [-0.05, 0) is 37.0 Å². The average molecular weight is 348 g/mol. The van der Waals surface area contributed by atoms with Crippen molar-refractivity contribution in [1.82, 2.24) is 4.72 Å². The van der Waals surface area contributed by atoms with E-state index >= 15 is 0 Å². The predicted octanol–water partition coefficient (Wildman–Crippen LogP) is 2.83. The maximum absolute atomic E-state index is 12.5. The van der Waals surface area contributed by atoms with E-state index in [2.05, 4.69) is 18.6 Å². The number of hydrogen-bond acceptors (Lipinski definition) is 4. The SMILES string of the molecule is COc1ccc(S(=O)(=O)NC2CCOC(C(C)C)C2)cc1Cl. The van der Waals surface area contributed by atoms with Crippen LogP contribution in [0.3, 0.4) is 0 Å². The van der Waals surface area contributed by atoms with Gasteiger partial charge in [0.2, 0.25) is 10.0 Å². The minimum Gasteiger partial charge on any atom is -0.495 e. The van der Waals surface area contributed by atoms with Crippen LogP contribution in [0.1, 0.15) is 26.7 Å². The van der Waals surface area contributed by atoms with E-state index in [1.807, 2.05) is 0 Å².